The first-order valence-electron chi connectivity index (χ1n) is 5.05. The molecule has 0 amide bonds. The molecule has 0 atom stereocenters. The number of carbonyl (C=O) groups excluding carboxylic acids is 1. The Labute approximate surface area is 120 Å². The topological polar surface area (TPSA) is 66.0 Å². The molecule has 0 saturated carbocycles. The molecule has 0 radical (unpaired) electrons. The van der Waals surface area contributed by atoms with Crippen molar-refractivity contribution in [3.63, 3.8) is 0 Å². The summed E-state index contributed by atoms with van der Waals surface area (Å²) in [5.41, 5.74) is -1.95. The standard InChI is InChI=1S/C11H5Cl2F3N2O2/c12-5-1-4(8(19)2-6(5)13)10(20)7-3-9(18-17-7)11(14,15)16/h1-3,19H,(H,17,18). The molecule has 0 bridgehead atoms. The smallest absolute Gasteiger partial charge is 0.432 e. The number of halogens is 5. The van der Waals surface area contributed by atoms with Crippen LogP contribution in [0.25, 0.3) is 0 Å². The van der Waals surface area contributed by atoms with E-state index in [0.29, 0.717) is 6.07 Å². The van der Waals surface area contributed by atoms with Crippen molar-refractivity contribution in [1.82, 2.24) is 10.2 Å². The number of aromatic nitrogens is 2. The average molecular weight is 325 g/mol. The zero-order chi connectivity index (χ0) is 15.1. The van der Waals surface area contributed by atoms with Crippen molar-refractivity contribution in [2.45, 2.75) is 6.18 Å². The van der Waals surface area contributed by atoms with Crippen molar-refractivity contribution in [2.24, 2.45) is 0 Å². The second-order valence-electron chi connectivity index (χ2n) is 3.78. The number of nitrogens with zero attached hydrogens (tertiary/aromatic N) is 1. The van der Waals surface area contributed by atoms with Gasteiger partial charge < -0.3 is 5.11 Å². The number of ketones is 1. The summed E-state index contributed by atoms with van der Waals surface area (Å²) in [5.74, 6) is -1.41. The van der Waals surface area contributed by atoms with Gasteiger partial charge in [0, 0.05) is 6.07 Å². The lowest BCUT2D eigenvalue weighted by Gasteiger charge is -2.04. The third kappa shape index (κ3) is 2.73. The molecule has 0 spiro atoms. The Morgan fingerprint density at radius 3 is 2.35 bits per heavy atom. The lowest BCUT2D eigenvalue weighted by atomic mass is 10.1. The number of phenolic OH excluding ortho intramolecular Hbond substituents is 1. The van der Waals surface area contributed by atoms with Gasteiger partial charge in [0.1, 0.15) is 17.1 Å². The van der Waals surface area contributed by atoms with Crippen LogP contribution in [0, 0.1) is 0 Å². The SMILES string of the molecule is O=C(c1cc(C(F)(F)F)[nH]n1)c1cc(Cl)c(Cl)cc1O. The molecule has 0 aliphatic carbocycles. The number of hydrogen-bond donors (Lipinski definition) is 2. The van der Waals surface area contributed by atoms with E-state index in [9.17, 15) is 23.1 Å². The molecule has 0 aliphatic heterocycles. The normalized spacial score (nSPS) is 11.7. The highest BCUT2D eigenvalue weighted by atomic mass is 35.5. The number of benzene rings is 1. The minimum Gasteiger partial charge on any atom is -0.507 e. The maximum absolute atomic E-state index is 12.4. The molecule has 20 heavy (non-hydrogen) atoms. The van der Waals surface area contributed by atoms with E-state index in [1.807, 2.05) is 0 Å². The summed E-state index contributed by atoms with van der Waals surface area (Å²) in [6.45, 7) is 0. The zero-order valence-corrected chi connectivity index (χ0v) is 10.9. The second-order valence-corrected chi connectivity index (χ2v) is 4.59. The molecular formula is C11H5Cl2F3N2O2. The number of aromatic hydroxyl groups is 1. The Morgan fingerprint density at radius 2 is 1.80 bits per heavy atom. The lowest BCUT2D eigenvalue weighted by molar-refractivity contribution is -0.141. The van der Waals surface area contributed by atoms with Gasteiger partial charge in [0.15, 0.2) is 0 Å². The fraction of sp³-hybridized carbons (Fsp3) is 0.0909. The van der Waals surface area contributed by atoms with E-state index < -0.39 is 29.1 Å². The van der Waals surface area contributed by atoms with E-state index in [1.54, 1.807) is 5.10 Å². The van der Waals surface area contributed by atoms with Gasteiger partial charge in [0.25, 0.3) is 0 Å². The zero-order valence-electron chi connectivity index (χ0n) is 9.42. The number of alkyl halides is 3. The van der Waals surface area contributed by atoms with Gasteiger partial charge in [0.05, 0.1) is 15.6 Å². The molecule has 0 saturated heterocycles. The highest BCUT2D eigenvalue weighted by molar-refractivity contribution is 6.42. The van der Waals surface area contributed by atoms with Crippen molar-refractivity contribution in [1.29, 1.82) is 0 Å². The first-order chi connectivity index (χ1) is 9.20. The van der Waals surface area contributed by atoms with Crippen LogP contribution in [0.2, 0.25) is 10.0 Å². The molecule has 0 fully saturated rings. The lowest BCUT2D eigenvalue weighted by Crippen LogP contribution is -2.05. The van der Waals surface area contributed by atoms with Gasteiger partial charge in [-0.2, -0.15) is 18.3 Å². The second kappa shape index (κ2) is 4.99. The highest BCUT2D eigenvalue weighted by Gasteiger charge is 2.34. The maximum atomic E-state index is 12.4. The van der Waals surface area contributed by atoms with Crippen LogP contribution in [0.15, 0.2) is 18.2 Å². The number of phenols is 1. The Morgan fingerprint density at radius 1 is 1.20 bits per heavy atom. The molecule has 4 nitrogen and oxygen atoms in total. The summed E-state index contributed by atoms with van der Waals surface area (Å²) in [5, 5.41) is 14.6. The predicted molar refractivity (Wildman–Crippen MR) is 65.1 cm³/mol. The molecule has 2 rings (SSSR count). The molecule has 2 N–H and O–H groups in total. The number of hydrogen-bond acceptors (Lipinski definition) is 3. The fourth-order valence-corrected chi connectivity index (χ4v) is 1.76. The monoisotopic (exact) mass is 324 g/mol. The molecular weight excluding hydrogens is 320 g/mol. The van der Waals surface area contributed by atoms with Gasteiger partial charge >= 0.3 is 6.18 Å². The summed E-state index contributed by atoms with van der Waals surface area (Å²) in [7, 11) is 0. The summed E-state index contributed by atoms with van der Waals surface area (Å²) in [6.07, 6.45) is -4.65. The van der Waals surface area contributed by atoms with E-state index in [1.165, 1.54) is 0 Å². The van der Waals surface area contributed by atoms with Crippen molar-refractivity contribution >= 4 is 29.0 Å². The molecule has 9 heteroatoms. The molecule has 1 heterocycles. The van der Waals surface area contributed by atoms with Crippen LogP contribution in [0.4, 0.5) is 13.2 Å². The van der Waals surface area contributed by atoms with Crippen molar-refractivity contribution in [3.05, 3.63) is 45.2 Å². The van der Waals surface area contributed by atoms with E-state index in [-0.39, 0.29) is 15.6 Å². The first-order valence-corrected chi connectivity index (χ1v) is 5.81. The first kappa shape index (κ1) is 14.7. The van der Waals surface area contributed by atoms with Crippen LogP contribution in [-0.2, 0) is 6.18 Å². The minimum absolute atomic E-state index is 0.0127. The summed E-state index contributed by atoms with van der Waals surface area (Å²) in [6, 6.07) is 2.63. The van der Waals surface area contributed by atoms with Gasteiger partial charge in [-0.05, 0) is 12.1 Å². The Bertz CT molecular complexity index is 683. The van der Waals surface area contributed by atoms with Crippen molar-refractivity contribution in [2.75, 3.05) is 0 Å². The van der Waals surface area contributed by atoms with Gasteiger partial charge in [-0.1, -0.05) is 23.2 Å². The molecule has 106 valence electrons. The average Bonchev–Trinajstić information content (AvgIpc) is 2.82. The molecule has 1 aromatic carbocycles. The van der Waals surface area contributed by atoms with Crippen LogP contribution in [0.3, 0.4) is 0 Å². The quantitative estimate of drug-likeness (QED) is 0.828. The molecule has 1 aromatic heterocycles. The Kier molecular flexibility index (Phi) is 3.66. The third-order valence-electron chi connectivity index (χ3n) is 2.40. The minimum atomic E-state index is -4.65. The van der Waals surface area contributed by atoms with Gasteiger partial charge in [-0.15, -0.1) is 0 Å². The Balaban J connectivity index is 2.42. The van der Waals surface area contributed by atoms with Crippen molar-refractivity contribution in [3.8, 4) is 5.75 Å². The molecule has 0 aliphatic rings. The summed E-state index contributed by atoms with van der Waals surface area (Å²) >= 11 is 11.3. The van der Waals surface area contributed by atoms with E-state index in [2.05, 4.69) is 5.10 Å². The Hall–Kier alpha value is -1.73. The number of carbonyl (C=O) groups is 1. The van der Waals surface area contributed by atoms with Gasteiger partial charge in [-0.25, -0.2) is 0 Å². The number of nitrogens with one attached hydrogen (secondary N) is 1. The summed E-state index contributed by atoms with van der Waals surface area (Å²) in [4.78, 5) is 12.0. The summed E-state index contributed by atoms with van der Waals surface area (Å²) < 4.78 is 37.2. The van der Waals surface area contributed by atoms with Crippen LogP contribution in [0.5, 0.6) is 5.75 Å². The van der Waals surface area contributed by atoms with Gasteiger partial charge in [-0.3, -0.25) is 9.89 Å². The maximum Gasteiger partial charge on any atom is 0.432 e. The predicted octanol–water partition coefficient (Wildman–Crippen LogP) is 3.67. The number of H-pyrrole nitrogens is 1. The highest BCUT2D eigenvalue weighted by Crippen LogP contribution is 2.32. The van der Waals surface area contributed by atoms with E-state index in [4.69, 9.17) is 23.2 Å². The third-order valence-corrected chi connectivity index (χ3v) is 3.12. The van der Waals surface area contributed by atoms with Crippen LogP contribution >= 0.6 is 23.2 Å². The van der Waals surface area contributed by atoms with Crippen molar-refractivity contribution < 1.29 is 23.1 Å². The van der Waals surface area contributed by atoms with Gasteiger partial charge in [0.2, 0.25) is 5.78 Å². The van der Waals surface area contributed by atoms with E-state index >= 15 is 0 Å². The van der Waals surface area contributed by atoms with Crippen LogP contribution in [0.1, 0.15) is 21.7 Å². The molecule has 0 unspecified atom stereocenters. The fourth-order valence-electron chi connectivity index (χ4n) is 1.44. The largest absolute Gasteiger partial charge is 0.507 e. The van der Waals surface area contributed by atoms with Crippen LogP contribution in [-0.4, -0.2) is 21.1 Å². The van der Waals surface area contributed by atoms with E-state index in [0.717, 1.165) is 12.1 Å². The number of rotatable bonds is 2. The molecule has 2 aromatic rings. The number of aromatic amines is 1. The van der Waals surface area contributed by atoms with Crippen LogP contribution < -0.4 is 0 Å².